The number of hydrogen-bond donors (Lipinski definition) is 2. The van der Waals surface area contributed by atoms with E-state index in [0.717, 1.165) is 26.0 Å². The molecule has 0 amide bonds. The minimum Gasteiger partial charge on any atom is -0.398 e. The first-order chi connectivity index (χ1) is 16.3. The molecule has 0 bridgehead atoms. The molecule has 0 fully saturated rings. The van der Waals surface area contributed by atoms with Crippen LogP contribution in [0.4, 0.5) is 36.4 Å². The van der Waals surface area contributed by atoms with Gasteiger partial charge in [-0.2, -0.15) is 26.3 Å². The molecule has 0 saturated heterocycles. The molecule has 1 heterocycles. The highest BCUT2D eigenvalue weighted by Crippen LogP contribution is 2.46. The number of nitrogens with zero attached hydrogens (tertiary/aromatic N) is 1. The molecule has 0 saturated carbocycles. The molecule has 2 aromatic carbocycles. The number of nitrogen functional groups attached to an aromatic ring is 1. The number of nitrogens with two attached hydrogens (primary N) is 1. The lowest BCUT2D eigenvalue weighted by atomic mass is 9.71. The number of aromatic nitrogens is 1. The predicted molar refractivity (Wildman–Crippen MR) is 114 cm³/mol. The Hall–Kier alpha value is -3.48. The number of rotatable bonds is 5. The Balaban J connectivity index is 2.20. The molecular weight excluding hydrogens is 501 g/mol. The van der Waals surface area contributed by atoms with E-state index < -0.39 is 69.4 Å². The summed E-state index contributed by atoms with van der Waals surface area (Å²) in [6.07, 6.45) is -12.4. The van der Waals surface area contributed by atoms with Crippen LogP contribution in [0.25, 0.3) is 10.8 Å². The summed E-state index contributed by atoms with van der Waals surface area (Å²) < 4.78 is 101. The fourth-order valence-electron chi connectivity index (χ4n) is 4.19. The number of anilines is 1. The van der Waals surface area contributed by atoms with Crippen LogP contribution in [0.2, 0.25) is 0 Å². The number of aliphatic hydroxyl groups is 1. The summed E-state index contributed by atoms with van der Waals surface area (Å²) >= 11 is 0. The van der Waals surface area contributed by atoms with Crippen molar-refractivity contribution in [1.29, 1.82) is 0 Å². The maximum Gasteiger partial charge on any atom is 0.424 e. The monoisotopic (exact) mass is 520 g/mol. The Morgan fingerprint density at radius 1 is 1.06 bits per heavy atom. The number of carbonyl (C=O) groups is 1. The molecule has 3 rings (SSSR count). The molecule has 1 unspecified atom stereocenters. The predicted octanol–water partition coefficient (Wildman–Crippen LogP) is 5.08. The quantitative estimate of drug-likeness (QED) is 0.276. The van der Waals surface area contributed by atoms with E-state index >= 15 is 0 Å². The lowest BCUT2D eigenvalue weighted by molar-refractivity contribution is -0.243. The van der Waals surface area contributed by atoms with Crippen LogP contribution in [0.3, 0.4) is 0 Å². The molecule has 0 aliphatic carbocycles. The minimum absolute atomic E-state index is 0.0336. The first kappa shape index (κ1) is 27.1. The topological polar surface area (TPSA) is 106 Å². The van der Waals surface area contributed by atoms with Crippen molar-refractivity contribution >= 4 is 22.2 Å². The number of halogens is 7. The molecule has 0 spiro atoms. The molecule has 6 nitrogen and oxygen atoms in total. The van der Waals surface area contributed by atoms with E-state index in [1.165, 1.54) is 6.92 Å². The highest BCUT2D eigenvalue weighted by atomic mass is 19.4. The number of aryl methyl sites for hydroxylation is 1. The van der Waals surface area contributed by atoms with Crippen molar-refractivity contribution in [3.05, 3.63) is 69.0 Å². The number of benzene rings is 2. The van der Waals surface area contributed by atoms with Crippen molar-refractivity contribution < 1.29 is 45.2 Å². The van der Waals surface area contributed by atoms with E-state index in [2.05, 4.69) is 9.68 Å². The van der Waals surface area contributed by atoms with Crippen LogP contribution >= 0.6 is 0 Å². The van der Waals surface area contributed by atoms with E-state index in [1.807, 2.05) is 0 Å². The lowest BCUT2D eigenvalue weighted by Crippen LogP contribution is -2.55. The van der Waals surface area contributed by atoms with Gasteiger partial charge >= 0.3 is 18.0 Å². The highest BCUT2D eigenvalue weighted by molar-refractivity contribution is 6.12. The first-order valence-corrected chi connectivity index (χ1v) is 10.2. The summed E-state index contributed by atoms with van der Waals surface area (Å²) in [5.74, 6) is -3.23. The zero-order chi connectivity index (χ0) is 27.4. The van der Waals surface area contributed by atoms with E-state index in [0.29, 0.717) is 12.1 Å². The van der Waals surface area contributed by atoms with Gasteiger partial charge in [0.25, 0.3) is 0 Å². The minimum atomic E-state index is -5.66. The molecule has 1 aromatic heterocycles. The molecule has 0 radical (unpaired) electrons. The fourth-order valence-corrected chi connectivity index (χ4v) is 4.19. The molecule has 3 aromatic rings. The Bertz CT molecular complexity index is 1410. The van der Waals surface area contributed by atoms with Crippen molar-refractivity contribution in [3.63, 3.8) is 0 Å². The molecule has 1 atom stereocenters. The van der Waals surface area contributed by atoms with Gasteiger partial charge in [0.2, 0.25) is 11.4 Å². The second kappa shape index (κ2) is 8.57. The zero-order valence-corrected chi connectivity index (χ0v) is 18.9. The maximum atomic E-state index is 14.2. The second-order valence-corrected chi connectivity index (χ2v) is 8.94. The van der Waals surface area contributed by atoms with Gasteiger partial charge in [-0.3, -0.25) is 4.79 Å². The third-order valence-electron chi connectivity index (χ3n) is 5.90. The molecule has 36 heavy (non-hydrogen) atoms. The number of hydrogen-bond acceptors (Lipinski definition) is 6. The summed E-state index contributed by atoms with van der Waals surface area (Å²) in [6, 6.07) is 3.14. The van der Waals surface area contributed by atoms with Gasteiger partial charge in [-0.15, -0.1) is 0 Å². The van der Waals surface area contributed by atoms with E-state index in [-0.39, 0.29) is 22.5 Å². The molecule has 194 valence electrons. The van der Waals surface area contributed by atoms with Crippen molar-refractivity contribution in [2.24, 2.45) is 0 Å². The summed E-state index contributed by atoms with van der Waals surface area (Å²) in [4.78, 5) is 25.0. The second-order valence-electron chi connectivity index (χ2n) is 8.94. The van der Waals surface area contributed by atoms with Crippen molar-refractivity contribution in [3.8, 4) is 0 Å². The molecule has 0 aliphatic rings. The molecule has 0 aliphatic heterocycles. The van der Waals surface area contributed by atoms with Crippen LogP contribution in [-0.4, -0.2) is 27.8 Å². The standard InChI is InChI=1S/C23H19F7N2O4/c1-10-16-12(19(34)36-32-10)5-6-13(17(16)31)18(33)21(35,23(28,29)30)9-20(2,3)14-7-4-11(24)8-15(14)22(25,26)27/h4-8,35H,9,31H2,1-3H3. The summed E-state index contributed by atoms with van der Waals surface area (Å²) in [5, 5.41) is 13.8. The van der Waals surface area contributed by atoms with Gasteiger partial charge in [0.1, 0.15) is 5.82 Å². The summed E-state index contributed by atoms with van der Waals surface area (Å²) in [5.41, 5.74) is -5.24. The number of fused-ring (bicyclic) bond motifs is 1. The molecule has 3 N–H and O–H groups in total. The van der Waals surface area contributed by atoms with Crippen molar-refractivity contribution in [2.45, 2.75) is 50.6 Å². The third-order valence-corrected chi connectivity index (χ3v) is 5.90. The van der Waals surface area contributed by atoms with Crippen LogP contribution in [0.5, 0.6) is 0 Å². The Kier molecular flexibility index (Phi) is 6.46. The lowest BCUT2D eigenvalue weighted by Gasteiger charge is -2.38. The number of alkyl halides is 6. The van der Waals surface area contributed by atoms with Gasteiger partial charge in [0.05, 0.1) is 22.3 Å². The largest absolute Gasteiger partial charge is 0.424 e. The first-order valence-electron chi connectivity index (χ1n) is 10.2. The van der Waals surface area contributed by atoms with E-state index in [9.17, 15) is 45.4 Å². The van der Waals surface area contributed by atoms with Crippen LogP contribution < -0.4 is 11.4 Å². The number of carbonyl (C=O) groups excluding carboxylic acids is 1. The third kappa shape index (κ3) is 4.54. The average molecular weight is 520 g/mol. The van der Waals surface area contributed by atoms with Gasteiger partial charge < -0.3 is 15.4 Å². The fraction of sp³-hybridized carbons (Fsp3) is 0.348. The van der Waals surface area contributed by atoms with Gasteiger partial charge in [-0.1, -0.05) is 25.1 Å². The summed E-state index contributed by atoms with van der Waals surface area (Å²) in [7, 11) is 0. The van der Waals surface area contributed by atoms with E-state index in [4.69, 9.17) is 5.73 Å². The SMILES string of the molecule is Cc1noc(=O)c2ccc(C(=O)C(O)(CC(C)(C)c3ccc(F)cc3C(F)(F)F)C(F)(F)F)c(N)c12. The normalized spacial score (nSPS) is 14.6. The van der Waals surface area contributed by atoms with Gasteiger partial charge in [0, 0.05) is 17.4 Å². The van der Waals surface area contributed by atoms with Crippen molar-refractivity contribution in [1.82, 2.24) is 5.16 Å². The van der Waals surface area contributed by atoms with Gasteiger partial charge in [0.15, 0.2) is 0 Å². The zero-order valence-electron chi connectivity index (χ0n) is 18.9. The van der Waals surface area contributed by atoms with Crippen LogP contribution in [0.1, 0.15) is 47.4 Å². The number of Topliss-reactive ketones (excluding diaryl/α,β-unsaturated/α-hetero) is 1. The van der Waals surface area contributed by atoms with Crippen LogP contribution in [-0.2, 0) is 11.6 Å². The highest BCUT2D eigenvalue weighted by Gasteiger charge is 2.61. The van der Waals surface area contributed by atoms with Gasteiger partial charge in [-0.25, -0.2) is 9.18 Å². The Morgan fingerprint density at radius 3 is 2.22 bits per heavy atom. The van der Waals surface area contributed by atoms with E-state index in [1.54, 1.807) is 0 Å². The molecular formula is C23H19F7N2O4. The number of ketones is 1. The average Bonchev–Trinajstić information content (AvgIpc) is 2.74. The van der Waals surface area contributed by atoms with Crippen molar-refractivity contribution in [2.75, 3.05) is 5.73 Å². The Labute approximate surface area is 198 Å². The molecule has 13 heteroatoms. The summed E-state index contributed by atoms with van der Waals surface area (Å²) in [6.45, 7) is 3.20. The Morgan fingerprint density at radius 2 is 1.67 bits per heavy atom. The smallest absolute Gasteiger partial charge is 0.398 e. The van der Waals surface area contributed by atoms with Crippen LogP contribution in [0.15, 0.2) is 39.6 Å². The maximum absolute atomic E-state index is 14.2. The van der Waals surface area contributed by atoms with Gasteiger partial charge in [-0.05, 0) is 42.2 Å². The van der Waals surface area contributed by atoms with Crippen LogP contribution in [0, 0.1) is 12.7 Å².